The number of pyridine rings is 1. The standard InChI is InChI=1S/C19H13F2N5O4S/c1-30-19-15(25-31(28,29)14-6-12(20)5-13(21)7-14)4-11(8-24-19)16-10-26-17(9-23-16)22-3-2-18(26)27/h2-10,25H,1H3. The number of ether oxygens (including phenoxy) is 1. The van der Waals surface area contributed by atoms with Crippen LogP contribution in [0.15, 0.2) is 64.8 Å². The monoisotopic (exact) mass is 445 g/mol. The second-order valence-corrected chi connectivity index (χ2v) is 7.96. The van der Waals surface area contributed by atoms with Crippen LogP contribution < -0.4 is 15.0 Å². The Bertz CT molecular complexity index is 1450. The van der Waals surface area contributed by atoms with Gasteiger partial charge in [0.1, 0.15) is 17.3 Å². The molecule has 12 heteroatoms. The van der Waals surface area contributed by atoms with Crippen LogP contribution in [0, 0.1) is 11.6 Å². The van der Waals surface area contributed by atoms with Crippen LogP contribution in [-0.2, 0) is 10.0 Å². The SMILES string of the molecule is COc1ncc(-c2cn3c(=O)ccnc3cn2)cc1NS(=O)(=O)c1cc(F)cc(F)c1. The molecule has 9 nitrogen and oxygen atoms in total. The van der Waals surface area contributed by atoms with Gasteiger partial charge in [-0.25, -0.2) is 27.2 Å². The number of rotatable bonds is 5. The predicted molar refractivity (Wildman–Crippen MR) is 106 cm³/mol. The van der Waals surface area contributed by atoms with Gasteiger partial charge in [-0.15, -0.1) is 0 Å². The van der Waals surface area contributed by atoms with Crippen LogP contribution in [0.4, 0.5) is 14.5 Å². The molecule has 0 atom stereocenters. The van der Waals surface area contributed by atoms with E-state index in [-0.39, 0.29) is 17.1 Å². The van der Waals surface area contributed by atoms with E-state index in [9.17, 15) is 22.0 Å². The van der Waals surface area contributed by atoms with Crippen LogP contribution in [-0.4, -0.2) is 34.9 Å². The topological polar surface area (TPSA) is 116 Å². The van der Waals surface area contributed by atoms with Gasteiger partial charge in [-0.1, -0.05) is 0 Å². The highest BCUT2D eigenvalue weighted by atomic mass is 32.2. The van der Waals surface area contributed by atoms with E-state index in [0.29, 0.717) is 35.1 Å². The van der Waals surface area contributed by atoms with Crippen LogP contribution >= 0.6 is 0 Å². The molecule has 0 unspecified atom stereocenters. The van der Waals surface area contributed by atoms with Gasteiger partial charge in [0, 0.05) is 36.3 Å². The van der Waals surface area contributed by atoms with Gasteiger partial charge in [0.15, 0.2) is 5.65 Å². The van der Waals surface area contributed by atoms with Crippen molar-refractivity contribution in [2.75, 3.05) is 11.8 Å². The Morgan fingerprint density at radius 1 is 1.03 bits per heavy atom. The zero-order valence-corrected chi connectivity index (χ0v) is 16.6. The van der Waals surface area contributed by atoms with Crippen molar-refractivity contribution in [1.29, 1.82) is 0 Å². The summed E-state index contributed by atoms with van der Waals surface area (Å²) in [5.74, 6) is -2.17. The molecule has 0 aliphatic carbocycles. The fourth-order valence-electron chi connectivity index (χ4n) is 2.81. The van der Waals surface area contributed by atoms with Gasteiger partial charge < -0.3 is 4.74 Å². The van der Waals surface area contributed by atoms with E-state index in [4.69, 9.17) is 4.74 Å². The minimum Gasteiger partial charge on any atom is -0.480 e. The average Bonchev–Trinajstić information content (AvgIpc) is 2.73. The van der Waals surface area contributed by atoms with Gasteiger partial charge >= 0.3 is 0 Å². The van der Waals surface area contributed by atoms with Crippen LogP contribution in [0.3, 0.4) is 0 Å². The fraction of sp³-hybridized carbons (Fsp3) is 0.0526. The smallest absolute Gasteiger partial charge is 0.262 e. The Hall–Kier alpha value is -3.93. The maximum atomic E-state index is 13.5. The largest absolute Gasteiger partial charge is 0.480 e. The number of benzene rings is 1. The van der Waals surface area contributed by atoms with E-state index in [2.05, 4.69) is 19.7 Å². The molecule has 1 aromatic carbocycles. The summed E-state index contributed by atoms with van der Waals surface area (Å²) in [6.07, 6.45) is 5.53. The maximum Gasteiger partial charge on any atom is 0.262 e. The summed E-state index contributed by atoms with van der Waals surface area (Å²) in [5, 5.41) is 0. The molecular formula is C19H13F2N5O4S. The van der Waals surface area contributed by atoms with Crippen molar-refractivity contribution in [2.45, 2.75) is 4.90 Å². The van der Waals surface area contributed by atoms with Crippen LogP contribution in [0.5, 0.6) is 5.88 Å². The first-order chi connectivity index (χ1) is 14.8. The normalized spacial score (nSPS) is 11.5. The number of hydrogen-bond acceptors (Lipinski definition) is 7. The molecule has 0 saturated carbocycles. The minimum absolute atomic E-state index is 0.0798. The Morgan fingerprint density at radius 3 is 2.48 bits per heavy atom. The van der Waals surface area contributed by atoms with Gasteiger partial charge in [0.05, 0.1) is 23.9 Å². The van der Waals surface area contributed by atoms with Crippen LogP contribution in [0.2, 0.25) is 0 Å². The molecule has 158 valence electrons. The zero-order chi connectivity index (χ0) is 22.2. The Balaban J connectivity index is 1.78. The third-order valence-electron chi connectivity index (χ3n) is 4.21. The zero-order valence-electron chi connectivity index (χ0n) is 15.8. The lowest BCUT2D eigenvalue weighted by Gasteiger charge is -2.13. The van der Waals surface area contributed by atoms with Crippen molar-refractivity contribution in [1.82, 2.24) is 19.4 Å². The molecule has 1 N–H and O–H groups in total. The molecular weight excluding hydrogens is 432 g/mol. The van der Waals surface area contributed by atoms with Crippen molar-refractivity contribution in [3.8, 4) is 17.1 Å². The number of aromatic nitrogens is 4. The van der Waals surface area contributed by atoms with Crippen LogP contribution in [0.1, 0.15) is 0 Å². The van der Waals surface area contributed by atoms with Gasteiger partial charge in [-0.3, -0.25) is 18.9 Å². The highest BCUT2D eigenvalue weighted by molar-refractivity contribution is 7.92. The first kappa shape index (κ1) is 20.3. The number of methoxy groups -OCH3 is 1. The average molecular weight is 445 g/mol. The molecule has 0 bridgehead atoms. The number of nitrogens with one attached hydrogen (secondary N) is 1. The number of anilines is 1. The lowest BCUT2D eigenvalue weighted by molar-refractivity contribution is 0.400. The predicted octanol–water partition coefficient (Wildman–Crippen LogP) is 2.24. The Labute approximate surface area is 174 Å². The number of fused-ring (bicyclic) bond motifs is 1. The minimum atomic E-state index is -4.37. The molecule has 0 aliphatic rings. The second-order valence-electron chi connectivity index (χ2n) is 6.28. The van der Waals surface area contributed by atoms with E-state index < -0.39 is 26.6 Å². The Morgan fingerprint density at radius 2 is 1.77 bits per heavy atom. The molecule has 4 rings (SSSR count). The summed E-state index contributed by atoms with van der Waals surface area (Å²) >= 11 is 0. The van der Waals surface area contributed by atoms with E-state index in [1.807, 2.05) is 0 Å². The summed E-state index contributed by atoms with van der Waals surface area (Å²) < 4.78 is 60.8. The Kier molecular flexibility index (Phi) is 5.07. The van der Waals surface area contributed by atoms with Crippen molar-refractivity contribution >= 4 is 21.4 Å². The molecule has 0 aliphatic heterocycles. The lowest BCUT2D eigenvalue weighted by atomic mass is 10.2. The summed E-state index contributed by atoms with van der Waals surface area (Å²) in [5.41, 5.74) is 0.553. The van der Waals surface area contributed by atoms with Crippen molar-refractivity contribution in [3.63, 3.8) is 0 Å². The quantitative estimate of drug-likeness (QED) is 0.501. The highest BCUT2D eigenvalue weighted by Crippen LogP contribution is 2.29. The molecule has 0 saturated heterocycles. The molecule has 31 heavy (non-hydrogen) atoms. The number of sulfonamides is 1. The maximum absolute atomic E-state index is 13.5. The van der Waals surface area contributed by atoms with Crippen molar-refractivity contribution in [2.24, 2.45) is 0 Å². The number of halogens is 2. The number of hydrogen-bond donors (Lipinski definition) is 1. The number of nitrogens with zero attached hydrogens (tertiary/aromatic N) is 4. The van der Waals surface area contributed by atoms with Crippen LogP contribution in [0.25, 0.3) is 16.9 Å². The van der Waals surface area contributed by atoms with Crippen molar-refractivity contribution in [3.05, 3.63) is 77.1 Å². The molecule has 0 radical (unpaired) electrons. The summed E-state index contributed by atoms with van der Waals surface area (Å²) in [4.78, 5) is 23.7. The molecule has 3 aromatic heterocycles. The van der Waals surface area contributed by atoms with E-state index in [1.165, 1.54) is 48.4 Å². The van der Waals surface area contributed by atoms with Gasteiger partial charge in [-0.05, 0) is 18.2 Å². The molecule has 0 spiro atoms. The third-order valence-corrected chi connectivity index (χ3v) is 5.55. The fourth-order valence-corrected chi connectivity index (χ4v) is 3.89. The molecule has 4 aromatic rings. The third kappa shape index (κ3) is 4.05. The lowest BCUT2D eigenvalue weighted by Crippen LogP contribution is -2.15. The summed E-state index contributed by atoms with van der Waals surface area (Å²) in [7, 11) is -3.09. The van der Waals surface area contributed by atoms with Crippen molar-refractivity contribution < 1.29 is 21.9 Å². The van der Waals surface area contributed by atoms with E-state index >= 15 is 0 Å². The van der Waals surface area contributed by atoms with E-state index in [1.54, 1.807) is 0 Å². The van der Waals surface area contributed by atoms with E-state index in [0.717, 1.165) is 0 Å². The summed E-state index contributed by atoms with van der Waals surface area (Å²) in [6, 6.07) is 4.57. The summed E-state index contributed by atoms with van der Waals surface area (Å²) in [6.45, 7) is 0. The first-order valence-electron chi connectivity index (χ1n) is 8.63. The molecule has 0 fully saturated rings. The van der Waals surface area contributed by atoms with Gasteiger partial charge in [-0.2, -0.15) is 0 Å². The van der Waals surface area contributed by atoms with Gasteiger partial charge in [0.2, 0.25) is 5.88 Å². The molecule has 0 amide bonds. The highest BCUT2D eigenvalue weighted by Gasteiger charge is 2.20. The first-order valence-corrected chi connectivity index (χ1v) is 10.1. The molecule has 3 heterocycles. The van der Waals surface area contributed by atoms with Gasteiger partial charge in [0.25, 0.3) is 15.6 Å². The second kappa shape index (κ2) is 7.72.